The summed E-state index contributed by atoms with van der Waals surface area (Å²) in [5.41, 5.74) is 2.99. The van der Waals surface area contributed by atoms with Gasteiger partial charge in [0.25, 0.3) is 0 Å². The second-order valence-corrected chi connectivity index (χ2v) is 6.32. The number of rotatable bonds is 5. The molecule has 0 bridgehead atoms. The van der Waals surface area contributed by atoms with E-state index in [9.17, 15) is 0 Å². The van der Waals surface area contributed by atoms with Crippen LogP contribution in [0.3, 0.4) is 0 Å². The minimum atomic E-state index is 0.463. The molecule has 0 atom stereocenters. The predicted octanol–water partition coefficient (Wildman–Crippen LogP) is 2.83. The second-order valence-electron chi connectivity index (χ2n) is 6.32. The van der Waals surface area contributed by atoms with Crippen molar-refractivity contribution >= 4 is 0 Å². The zero-order valence-electron chi connectivity index (χ0n) is 12.3. The molecule has 1 fully saturated rings. The normalized spacial score (nSPS) is 18.7. The van der Waals surface area contributed by atoms with Crippen molar-refractivity contribution in [1.82, 2.24) is 15.1 Å². The van der Waals surface area contributed by atoms with Gasteiger partial charge in [-0.1, -0.05) is 26.7 Å². The van der Waals surface area contributed by atoms with Gasteiger partial charge in [0.15, 0.2) is 0 Å². The molecule has 0 amide bonds. The first-order valence-corrected chi connectivity index (χ1v) is 7.24. The molecule has 1 heterocycles. The molecule has 0 unspecified atom stereocenters. The van der Waals surface area contributed by atoms with E-state index in [1.807, 2.05) is 0 Å². The van der Waals surface area contributed by atoms with Crippen molar-refractivity contribution in [2.45, 2.75) is 58.9 Å². The highest BCUT2D eigenvalue weighted by Gasteiger charge is 2.34. The molecule has 0 saturated heterocycles. The van der Waals surface area contributed by atoms with Crippen molar-refractivity contribution < 1.29 is 0 Å². The van der Waals surface area contributed by atoms with Crippen molar-refractivity contribution in [3.05, 3.63) is 17.5 Å². The number of aryl methyl sites for hydroxylation is 2. The summed E-state index contributed by atoms with van der Waals surface area (Å²) in [6.45, 7) is 7.69. The largest absolute Gasteiger partial charge is 0.314 e. The van der Waals surface area contributed by atoms with E-state index in [4.69, 9.17) is 0 Å². The van der Waals surface area contributed by atoms with Crippen LogP contribution in [0.4, 0.5) is 0 Å². The van der Waals surface area contributed by atoms with Crippen molar-refractivity contribution in [2.75, 3.05) is 6.54 Å². The molecule has 1 N–H and O–H groups in total. The number of nitrogens with one attached hydrogen (secondary N) is 1. The summed E-state index contributed by atoms with van der Waals surface area (Å²) in [6.07, 6.45) is 6.66. The van der Waals surface area contributed by atoms with Crippen LogP contribution in [0.2, 0.25) is 0 Å². The molecule has 0 aliphatic heterocycles. The van der Waals surface area contributed by atoms with Gasteiger partial charge in [-0.25, -0.2) is 0 Å². The Labute approximate surface area is 111 Å². The average Bonchev–Trinajstić information content (AvgIpc) is 2.85. The van der Waals surface area contributed by atoms with E-state index < -0.39 is 0 Å². The highest BCUT2D eigenvalue weighted by molar-refractivity contribution is 5.12. The average molecular weight is 249 g/mol. The molecule has 0 radical (unpaired) electrons. The molecule has 1 aromatic heterocycles. The molecule has 18 heavy (non-hydrogen) atoms. The van der Waals surface area contributed by atoms with Gasteiger partial charge in [0.2, 0.25) is 0 Å². The molecule has 3 nitrogen and oxygen atoms in total. The summed E-state index contributed by atoms with van der Waals surface area (Å²) in [4.78, 5) is 0. The van der Waals surface area contributed by atoms with Crippen LogP contribution in [-0.2, 0) is 13.5 Å². The molecular formula is C15H27N3. The van der Waals surface area contributed by atoms with Crippen LogP contribution >= 0.6 is 0 Å². The van der Waals surface area contributed by atoms with Gasteiger partial charge in [-0.05, 0) is 37.7 Å². The Hall–Kier alpha value is -0.830. The van der Waals surface area contributed by atoms with Crippen LogP contribution < -0.4 is 5.32 Å². The highest BCUT2D eigenvalue weighted by atomic mass is 15.3. The SMILES string of the molecule is Cc1cc(CC2(CNC(C)C)CCCC2)n(C)n1. The van der Waals surface area contributed by atoms with Crippen molar-refractivity contribution in [3.63, 3.8) is 0 Å². The number of nitrogens with zero attached hydrogens (tertiary/aromatic N) is 2. The first-order valence-electron chi connectivity index (χ1n) is 7.24. The smallest absolute Gasteiger partial charge is 0.0596 e. The van der Waals surface area contributed by atoms with Gasteiger partial charge in [-0.15, -0.1) is 0 Å². The van der Waals surface area contributed by atoms with Gasteiger partial charge < -0.3 is 5.32 Å². The van der Waals surface area contributed by atoms with Crippen molar-refractivity contribution in [3.8, 4) is 0 Å². The summed E-state index contributed by atoms with van der Waals surface area (Å²) in [5.74, 6) is 0. The van der Waals surface area contributed by atoms with Crippen LogP contribution in [0.25, 0.3) is 0 Å². The Morgan fingerprint density at radius 1 is 1.39 bits per heavy atom. The predicted molar refractivity (Wildman–Crippen MR) is 75.7 cm³/mol. The summed E-state index contributed by atoms with van der Waals surface area (Å²) in [5, 5.41) is 8.12. The minimum absolute atomic E-state index is 0.463. The Balaban J connectivity index is 2.08. The second kappa shape index (κ2) is 5.43. The van der Waals surface area contributed by atoms with Crippen LogP contribution in [0.5, 0.6) is 0 Å². The lowest BCUT2D eigenvalue weighted by Gasteiger charge is -2.30. The van der Waals surface area contributed by atoms with Gasteiger partial charge in [-0.3, -0.25) is 4.68 Å². The Kier molecular flexibility index (Phi) is 4.10. The molecule has 0 aromatic carbocycles. The maximum Gasteiger partial charge on any atom is 0.0596 e. The standard InChI is InChI=1S/C15H27N3/c1-12(2)16-11-15(7-5-6-8-15)10-14-9-13(3)17-18(14)4/h9,12,16H,5-8,10-11H2,1-4H3. The molecule has 1 aromatic rings. The van der Waals surface area contributed by atoms with Crippen LogP contribution in [0.1, 0.15) is 50.9 Å². The quantitative estimate of drug-likeness (QED) is 0.869. The number of hydrogen-bond acceptors (Lipinski definition) is 2. The minimum Gasteiger partial charge on any atom is -0.314 e. The zero-order valence-corrected chi connectivity index (χ0v) is 12.3. The highest BCUT2D eigenvalue weighted by Crippen LogP contribution is 2.40. The third-order valence-corrected chi connectivity index (χ3v) is 4.20. The van der Waals surface area contributed by atoms with E-state index in [-0.39, 0.29) is 0 Å². The summed E-state index contributed by atoms with van der Waals surface area (Å²) in [6, 6.07) is 2.82. The van der Waals surface area contributed by atoms with Crippen molar-refractivity contribution in [2.24, 2.45) is 12.5 Å². The molecule has 3 heteroatoms. The molecule has 1 aliphatic rings. The van der Waals surface area contributed by atoms with Gasteiger partial charge >= 0.3 is 0 Å². The van der Waals surface area contributed by atoms with E-state index in [1.54, 1.807) is 0 Å². The maximum atomic E-state index is 4.48. The topological polar surface area (TPSA) is 29.9 Å². The van der Waals surface area contributed by atoms with E-state index in [0.717, 1.165) is 12.2 Å². The first kappa shape index (κ1) is 13.6. The number of aromatic nitrogens is 2. The van der Waals surface area contributed by atoms with Crippen molar-refractivity contribution in [1.29, 1.82) is 0 Å². The maximum absolute atomic E-state index is 4.48. The van der Waals surface area contributed by atoms with E-state index >= 15 is 0 Å². The molecule has 1 aliphatic carbocycles. The molecule has 102 valence electrons. The summed E-state index contributed by atoms with van der Waals surface area (Å²) < 4.78 is 2.06. The Morgan fingerprint density at radius 2 is 2.06 bits per heavy atom. The van der Waals surface area contributed by atoms with Gasteiger partial charge in [0, 0.05) is 25.3 Å². The van der Waals surface area contributed by atoms with Crippen LogP contribution in [-0.4, -0.2) is 22.4 Å². The molecule has 0 spiro atoms. The lowest BCUT2D eigenvalue weighted by atomic mass is 9.81. The van der Waals surface area contributed by atoms with Crippen LogP contribution in [0.15, 0.2) is 6.07 Å². The lowest BCUT2D eigenvalue weighted by Crippen LogP contribution is -2.37. The van der Waals surface area contributed by atoms with Gasteiger partial charge in [0.1, 0.15) is 0 Å². The Bertz CT molecular complexity index is 386. The fourth-order valence-corrected chi connectivity index (χ4v) is 3.18. The van der Waals surface area contributed by atoms with E-state index in [0.29, 0.717) is 11.5 Å². The molecule has 2 rings (SSSR count). The van der Waals surface area contributed by atoms with E-state index in [2.05, 4.69) is 49.0 Å². The fourth-order valence-electron chi connectivity index (χ4n) is 3.18. The first-order chi connectivity index (χ1) is 8.51. The van der Waals surface area contributed by atoms with E-state index in [1.165, 1.54) is 37.8 Å². The van der Waals surface area contributed by atoms with Gasteiger partial charge in [0.05, 0.1) is 5.69 Å². The fraction of sp³-hybridized carbons (Fsp3) is 0.800. The molecule has 1 saturated carbocycles. The summed E-state index contributed by atoms with van der Waals surface area (Å²) >= 11 is 0. The van der Waals surface area contributed by atoms with Crippen LogP contribution in [0, 0.1) is 12.3 Å². The van der Waals surface area contributed by atoms with Gasteiger partial charge in [-0.2, -0.15) is 5.10 Å². The monoisotopic (exact) mass is 249 g/mol. The molecular weight excluding hydrogens is 222 g/mol. The third kappa shape index (κ3) is 3.14. The summed E-state index contributed by atoms with van der Waals surface area (Å²) in [7, 11) is 2.07. The lowest BCUT2D eigenvalue weighted by molar-refractivity contribution is 0.263. The third-order valence-electron chi connectivity index (χ3n) is 4.20. The number of hydrogen-bond donors (Lipinski definition) is 1. The Morgan fingerprint density at radius 3 is 2.56 bits per heavy atom. The zero-order chi connectivity index (χ0) is 13.2.